The summed E-state index contributed by atoms with van der Waals surface area (Å²) in [5.41, 5.74) is 2.48. The van der Waals surface area contributed by atoms with Crippen LogP contribution in [0.2, 0.25) is 0 Å². The number of carbonyl (C=O) groups is 3. The zero-order valence-corrected chi connectivity index (χ0v) is 18.2. The molecular weight excluding hydrogens is 394 g/mol. The molecule has 2 unspecified atom stereocenters. The van der Waals surface area contributed by atoms with E-state index in [1.165, 1.54) is 0 Å². The first-order valence-corrected chi connectivity index (χ1v) is 10.1. The molecular formula is C20H31N3O5S. The number of benzene rings is 1. The molecule has 0 bridgehead atoms. The van der Waals surface area contributed by atoms with Gasteiger partial charge in [-0.3, -0.25) is 24.9 Å². The van der Waals surface area contributed by atoms with E-state index in [0.717, 1.165) is 5.56 Å². The molecule has 9 heteroatoms. The highest BCUT2D eigenvalue weighted by Crippen LogP contribution is 2.23. The van der Waals surface area contributed by atoms with Gasteiger partial charge in [-0.1, -0.05) is 26.0 Å². The number of methoxy groups -OCH3 is 1. The number of amides is 3. The minimum atomic E-state index is -0.854. The molecule has 0 saturated carbocycles. The van der Waals surface area contributed by atoms with Gasteiger partial charge in [0, 0.05) is 5.75 Å². The first-order valence-electron chi connectivity index (χ1n) is 9.47. The summed E-state index contributed by atoms with van der Waals surface area (Å²) in [7, 11) is 3.22. The molecule has 3 amide bonds. The average molecular weight is 426 g/mol. The molecule has 3 atom stereocenters. The molecule has 0 aromatic heterocycles. The van der Waals surface area contributed by atoms with Crippen molar-refractivity contribution in [1.82, 2.24) is 16.1 Å². The number of likely N-dealkylation sites (N-methyl/N-ethyl adjacent to an activating group) is 1. The Labute approximate surface area is 177 Å². The molecule has 1 aromatic rings. The summed E-state index contributed by atoms with van der Waals surface area (Å²) in [6.07, 6.45) is 0.752. The maximum absolute atomic E-state index is 12.8. The van der Waals surface area contributed by atoms with E-state index in [-0.39, 0.29) is 11.7 Å². The normalized spacial score (nSPS) is 14.0. The minimum absolute atomic E-state index is 0.0622. The van der Waals surface area contributed by atoms with Crippen molar-refractivity contribution in [2.24, 2.45) is 17.8 Å². The Morgan fingerprint density at radius 2 is 1.69 bits per heavy atom. The first kappa shape index (κ1) is 24.9. The largest absolute Gasteiger partial charge is 0.497 e. The number of rotatable bonds is 11. The highest BCUT2D eigenvalue weighted by molar-refractivity contribution is 7.80. The molecule has 0 spiro atoms. The summed E-state index contributed by atoms with van der Waals surface area (Å²) in [6.45, 7) is 3.82. The Kier molecular flexibility index (Phi) is 10.7. The summed E-state index contributed by atoms with van der Waals surface area (Å²) in [6, 6.07) is 6.67. The maximum Gasteiger partial charge on any atom is 0.248 e. The lowest BCUT2D eigenvalue weighted by atomic mass is 9.85. The van der Waals surface area contributed by atoms with E-state index >= 15 is 0 Å². The fourth-order valence-electron chi connectivity index (χ4n) is 3.06. The molecule has 8 nitrogen and oxygen atoms in total. The van der Waals surface area contributed by atoms with Gasteiger partial charge in [0.15, 0.2) is 0 Å². The standard InChI is InChI=1S/C20H31N3O5S/c1-12(2)9-15(16(11-29)19(25)23-27)18(24)22-20(26)17(21-3)10-13-5-7-14(28-4)8-6-13/h5-8,12,15-17,21,27,29H,9-11H2,1-4H3,(H,23,25)(H,22,24,26)/t15?,16?,17-/m0/s1. The molecule has 0 aliphatic rings. The minimum Gasteiger partial charge on any atom is -0.497 e. The Hall–Kier alpha value is -2.10. The number of hydrogen-bond donors (Lipinski definition) is 5. The van der Waals surface area contributed by atoms with E-state index in [2.05, 4.69) is 23.3 Å². The van der Waals surface area contributed by atoms with Gasteiger partial charge in [-0.2, -0.15) is 12.6 Å². The number of nitrogens with one attached hydrogen (secondary N) is 3. The zero-order chi connectivity index (χ0) is 22.0. The van der Waals surface area contributed by atoms with Gasteiger partial charge in [-0.15, -0.1) is 0 Å². The predicted octanol–water partition coefficient (Wildman–Crippen LogP) is 1.18. The Morgan fingerprint density at radius 1 is 1.07 bits per heavy atom. The van der Waals surface area contributed by atoms with Crippen molar-refractivity contribution < 1.29 is 24.3 Å². The number of hydrogen-bond acceptors (Lipinski definition) is 7. The average Bonchev–Trinajstić information content (AvgIpc) is 2.71. The van der Waals surface area contributed by atoms with Crippen LogP contribution in [0.3, 0.4) is 0 Å². The molecule has 162 valence electrons. The van der Waals surface area contributed by atoms with Crippen molar-refractivity contribution in [3.05, 3.63) is 29.8 Å². The van der Waals surface area contributed by atoms with E-state index in [1.54, 1.807) is 31.8 Å². The lowest BCUT2D eigenvalue weighted by molar-refractivity contribution is -0.142. The van der Waals surface area contributed by atoms with Gasteiger partial charge in [0.05, 0.1) is 25.0 Å². The number of ether oxygens (including phenoxy) is 1. The SMILES string of the molecule is CN[C@@H](Cc1ccc(OC)cc1)C(=O)NC(=O)C(CC(C)C)C(CS)C(=O)NO. The summed E-state index contributed by atoms with van der Waals surface area (Å²) < 4.78 is 5.12. The second kappa shape index (κ2) is 12.5. The Bertz CT molecular complexity index is 681. The lowest BCUT2D eigenvalue weighted by Crippen LogP contribution is -2.50. The van der Waals surface area contributed by atoms with Crippen LogP contribution in [0.5, 0.6) is 5.75 Å². The van der Waals surface area contributed by atoms with E-state index in [1.807, 2.05) is 26.0 Å². The highest BCUT2D eigenvalue weighted by Gasteiger charge is 2.34. The monoisotopic (exact) mass is 425 g/mol. The Balaban J connectivity index is 2.89. The molecule has 0 saturated heterocycles. The van der Waals surface area contributed by atoms with Gasteiger partial charge < -0.3 is 10.1 Å². The lowest BCUT2D eigenvalue weighted by Gasteiger charge is -2.25. The van der Waals surface area contributed by atoms with Crippen LogP contribution in [0.25, 0.3) is 0 Å². The molecule has 1 aromatic carbocycles. The zero-order valence-electron chi connectivity index (χ0n) is 17.3. The number of carbonyl (C=O) groups excluding carboxylic acids is 3. The van der Waals surface area contributed by atoms with Crippen molar-refractivity contribution in [3.63, 3.8) is 0 Å². The third-order valence-electron chi connectivity index (χ3n) is 4.70. The van der Waals surface area contributed by atoms with Crippen LogP contribution in [0.1, 0.15) is 25.8 Å². The van der Waals surface area contributed by atoms with Crippen molar-refractivity contribution in [2.75, 3.05) is 19.9 Å². The topological polar surface area (TPSA) is 117 Å². The summed E-state index contributed by atoms with van der Waals surface area (Å²) in [5, 5.41) is 14.3. The van der Waals surface area contributed by atoms with E-state index in [4.69, 9.17) is 9.94 Å². The van der Waals surface area contributed by atoms with Gasteiger partial charge >= 0.3 is 0 Å². The van der Waals surface area contributed by atoms with Crippen molar-refractivity contribution in [1.29, 1.82) is 0 Å². The molecule has 0 aliphatic heterocycles. The number of hydroxylamine groups is 1. The third-order valence-corrected chi connectivity index (χ3v) is 5.10. The molecule has 0 radical (unpaired) electrons. The van der Waals surface area contributed by atoms with Crippen molar-refractivity contribution >= 4 is 30.4 Å². The van der Waals surface area contributed by atoms with Crippen molar-refractivity contribution in [2.45, 2.75) is 32.7 Å². The molecule has 4 N–H and O–H groups in total. The van der Waals surface area contributed by atoms with E-state index in [0.29, 0.717) is 18.6 Å². The highest BCUT2D eigenvalue weighted by atomic mass is 32.1. The molecule has 0 aliphatic carbocycles. The van der Waals surface area contributed by atoms with Gasteiger partial charge in [0.25, 0.3) is 0 Å². The molecule has 1 rings (SSSR count). The summed E-state index contributed by atoms with van der Waals surface area (Å²) >= 11 is 4.14. The quantitative estimate of drug-likeness (QED) is 0.207. The second-order valence-corrected chi connectivity index (χ2v) is 7.61. The predicted molar refractivity (Wildman–Crippen MR) is 113 cm³/mol. The fraction of sp³-hybridized carbons (Fsp3) is 0.550. The fourth-order valence-corrected chi connectivity index (χ4v) is 3.48. The maximum atomic E-state index is 12.8. The van der Waals surface area contributed by atoms with Gasteiger partial charge in [-0.05, 0) is 43.5 Å². The van der Waals surface area contributed by atoms with Crippen LogP contribution in [-0.2, 0) is 20.8 Å². The van der Waals surface area contributed by atoms with Crippen LogP contribution in [0, 0.1) is 17.8 Å². The number of imide groups is 1. The second-order valence-electron chi connectivity index (χ2n) is 7.25. The van der Waals surface area contributed by atoms with Crippen LogP contribution >= 0.6 is 12.6 Å². The van der Waals surface area contributed by atoms with E-state index in [9.17, 15) is 14.4 Å². The smallest absolute Gasteiger partial charge is 0.248 e. The molecule has 0 heterocycles. The molecule has 29 heavy (non-hydrogen) atoms. The van der Waals surface area contributed by atoms with Crippen LogP contribution in [0.15, 0.2) is 24.3 Å². The Morgan fingerprint density at radius 3 is 2.14 bits per heavy atom. The summed E-state index contributed by atoms with van der Waals surface area (Å²) in [4.78, 5) is 37.4. The van der Waals surface area contributed by atoms with Crippen LogP contribution < -0.4 is 20.9 Å². The first-order chi connectivity index (χ1) is 13.8. The summed E-state index contributed by atoms with van der Waals surface area (Å²) in [5.74, 6) is -2.50. The third kappa shape index (κ3) is 7.68. The van der Waals surface area contributed by atoms with Crippen molar-refractivity contribution in [3.8, 4) is 5.75 Å². The van der Waals surface area contributed by atoms with Crippen LogP contribution in [-0.4, -0.2) is 48.9 Å². The molecule has 0 fully saturated rings. The van der Waals surface area contributed by atoms with Gasteiger partial charge in [0.1, 0.15) is 5.75 Å². The number of thiol groups is 1. The van der Waals surface area contributed by atoms with Gasteiger partial charge in [0.2, 0.25) is 17.7 Å². The van der Waals surface area contributed by atoms with E-state index < -0.39 is 35.6 Å². The van der Waals surface area contributed by atoms with Gasteiger partial charge in [-0.25, -0.2) is 5.48 Å². The van der Waals surface area contributed by atoms with Crippen LogP contribution in [0.4, 0.5) is 0 Å².